The van der Waals surface area contributed by atoms with Crippen LogP contribution < -0.4 is 5.56 Å². The number of hydrogen-bond donors (Lipinski definition) is 1. The molecular weight excluding hydrogens is 348 g/mol. The summed E-state index contributed by atoms with van der Waals surface area (Å²) in [5, 5.41) is 5.87. The maximum atomic E-state index is 12.4. The average molecular weight is 366 g/mol. The summed E-state index contributed by atoms with van der Waals surface area (Å²) >= 11 is 1.69. The van der Waals surface area contributed by atoms with Crippen LogP contribution >= 0.6 is 11.3 Å². The van der Waals surface area contributed by atoms with Gasteiger partial charge >= 0.3 is 0 Å². The topological polar surface area (TPSA) is 89.4 Å². The van der Waals surface area contributed by atoms with E-state index in [0.29, 0.717) is 23.3 Å². The number of pyridine rings is 1. The van der Waals surface area contributed by atoms with Gasteiger partial charge in [0.05, 0.1) is 28.8 Å². The number of nitrogens with one attached hydrogen (secondary N) is 1. The number of nitrogens with zero attached hydrogens (tertiary/aromatic N) is 5. The van der Waals surface area contributed by atoms with Crippen molar-refractivity contribution in [1.82, 2.24) is 29.7 Å². The molecule has 132 valence electrons. The predicted octanol–water partition coefficient (Wildman–Crippen LogP) is 2.67. The van der Waals surface area contributed by atoms with Crippen LogP contribution in [0.1, 0.15) is 27.0 Å². The molecule has 0 aromatic carbocycles. The molecule has 8 heteroatoms. The molecule has 4 aromatic rings. The SMILES string of the molecule is Cc1ccncc1-n1ncc2c(=O)[nH]c(CCc3nc(C)c(C)s3)nc21. The molecular formula is C18H18N6OS. The van der Waals surface area contributed by atoms with Gasteiger partial charge in [0.25, 0.3) is 5.56 Å². The van der Waals surface area contributed by atoms with Crippen molar-refractivity contribution in [2.45, 2.75) is 33.6 Å². The van der Waals surface area contributed by atoms with Crippen molar-refractivity contribution in [3.8, 4) is 5.69 Å². The molecule has 0 saturated heterocycles. The van der Waals surface area contributed by atoms with E-state index < -0.39 is 0 Å². The molecule has 1 N–H and O–H groups in total. The second kappa shape index (κ2) is 6.45. The van der Waals surface area contributed by atoms with Gasteiger partial charge in [-0.1, -0.05) is 0 Å². The molecule has 0 unspecified atom stereocenters. The van der Waals surface area contributed by atoms with Crippen molar-refractivity contribution in [2.75, 3.05) is 0 Å². The van der Waals surface area contributed by atoms with Crippen LogP contribution in [-0.4, -0.2) is 29.7 Å². The van der Waals surface area contributed by atoms with Gasteiger partial charge in [-0.3, -0.25) is 9.78 Å². The summed E-state index contributed by atoms with van der Waals surface area (Å²) in [6.45, 7) is 6.06. The third kappa shape index (κ3) is 2.92. The van der Waals surface area contributed by atoms with Crippen LogP contribution in [0.15, 0.2) is 29.5 Å². The molecule has 0 spiro atoms. The van der Waals surface area contributed by atoms with Crippen LogP contribution in [0, 0.1) is 20.8 Å². The second-order valence-corrected chi connectivity index (χ2v) is 7.51. The summed E-state index contributed by atoms with van der Waals surface area (Å²) in [5.74, 6) is 0.635. The molecule has 4 aromatic heterocycles. The fourth-order valence-electron chi connectivity index (χ4n) is 2.81. The lowest BCUT2D eigenvalue weighted by Gasteiger charge is -2.06. The van der Waals surface area contributed by atoms with Gasteiger partial charge < -0.3 is 4.98 Å². The summed E-state index contributed by atoms with van der Waals surface area (Å²) in [4.78, 5) is 29.9. The number of rotatable bonds is 4. The highest BCUT2D eigenvalue weighted by atomic mass is 32.1. The lowest BCUT2D eigenvalue weighted by molar-refractivity contribution is 0.830. The highest BCUT2D eigenvalue weighted by Crippen LogP contribution is 2.19. The maximum Gasteiger partial charge on any atom is 0.262 e. The molecule has 0 amide bonds. The van der Waals surface area contributed by atoms with Gasteiger partial charge in [0.2, 0.25) is 0 Å². The van der Waals surface area contributed by atoms with Gasteiger partial charge in [-0.15, -0.1) is 11.3 Å². The molecule has 7 nitrogen and oxygen atoms in total. The van der Waals surface area contributed by atoms with Gasteiger partial charge in [-0.05, 0) is 32.4 Å². The minimum atomic E-state index is -0.177. The summed E-state index contributed by atoms with van der Waals surface area (Å²) in [6.07, 6.45) is 6.37. The van der Waals surface area contributed by atoms with Crippen LogP contribution in [0.2, 0.25) is 0 Å². The van der Waals surface area contributed by atoms with E-state index in [4.69, 9.17) is 0 Å². The molecule has 4 heterocycles. The number of thiazole rings is 1. The Labute approximate surface area is 153 Å². The highest BCUT2D eigenvalue weighted by molar-refractivity contribution is 7.11. The summed E-state index contributed by atoms with van der Waals surface area (Å²) in [6, 6.07) is 1.91. The third-order valence-electron chi connectivity index (χ3n) is 4.38. The maximum absolute atomic E-state index is 12.4. The zero-order valence-electron chi connectivity index (χ0n) is 14.8. The van der Waals surface area contributed by atoms with Crippen molar-refractivity contribution >= 4 is 22.4 Å². The average Bonchev–Trinajstić information content (AvgIpc) is 3.17. The van der Waals surface area contributed by atoms with Crippen LogP contribution in [0.4, 0.5) is 0 Å². The molecule has 0 aliphatic carbocycles. The Morgan fingerprint density at radius 2 is 2.00 bits per heavy atom. The largest absolute Gasteiger partial charge is 0.310 e. The number of fused-ring (bicyclic) bond motifs is 1. The first-order chi connectivity index (χ1) is 12.5. The smallest absolute Gasteiger partial charge is 0.262 e. The molecule has 4 rings (SSSR count). The Bertz CT molecular complexity index is 1140. The van der Waals surface area contributed by atoms with Crippen LogP contribution in [0.25, 0.3) is 16.7 Å². The monoisotopic (exact) mass is 366 g/mol. The van der Waals surface area contributed by atoms with E-state index in [1.807, 2.05) is 19.9 Å². The van der Waals surface area contributed by atoms with Crippen molar-refractivity contribution in [3.63, 3.8) is 0 Å². The van der Waals surface area contributed by atoms with Gasteiger partial charge in [0.15, 0.2) is 5.65 Å². The first kappa shape index (κ1) is 16.6. The van der Waals surface area contributed by atoms with E-state index in [9.17, 15) is 4.79 Å². The lowest BCUT2D eigenvalue weighted by Crippen LogP contribution is -2.13. The number of H-pyrrole nitrogens is 1. The van der Waals surface area contributed by atoms with E-state index in [2.05, 4.69) is 32.0 Å². The first-order valence-corrected chi connectivity index (χ1v) is 9.15. The van der Waals surface area contributed by atoms with Crippen molar-refractivity contribution in [2.24, 2.45) is 0 Å². The normalized spacial score (nSPS) is 11.3. The summed E-state index contributed by atoms with van der Waals surface area (Å²) in [5.41, 5.74) is 3.27. The number of aromatic nitrogens is 6. The Kier molecular flexibility index (Phi) is 4.12. The van der Waals surface area contributed by atoms with E-state index in [-0.39, 0.29) is 5.56 Å². The first-order valence-electron chi connectivity index (χ1n) is 8.34. The fraction of sp³-hybridized carbons (Fsp3) is 0.278. The number of aryl methyl sites for hydroxylation is 5. The van der Waals surface area contributed by atoms with Gasteiger partial charge in [-0.2, -0.15) is 5.10 Å². The quantitative estimate of drug-likeness (QED) is 0.600. The van der Waals surface area contributed by atoms with Crippen molar-refractivity contribution < 1.29 is 0 Å². The summed E-state index contributed by atoms with van der Waals surface area (Å²) < 4.78 is 1.67. The molecule has 0 aliphatic heterocycles. The molecule has 0 radical (unpaired) electrons. The summed E-state index contributed by atoms with van der Waals surface area (Å²) in [7, 11) is 0. The van der Waals surface area contributed by atoms with Crippen LogP contribution in [0.3, 0.4) is 0 Å². The van der Waals surface area contributed by atoms with Gasteiger partial charge in [-0.25, -0.2) is 14.6 Å². The fourth-order valence-corrected chi connectivity index (χ4v) is 3.74. The minimum Gasteiger partial charge on any atom is -0.310 e. The van der Waals surface area contributed by atoms with Gasteiger partial charge in [0.1, 0.15) is 11.2 Å². The Morgan fingerprint density at radius 3 is 2.73 bits per heavy atom. The third-order valence-corrected chi connectivity index (χ3v) is 5.51. The van der Waals surface area contributed by atoms with Crippen molar-refractivity contribution in [1.29, 1.82) is 0 Å². The van der Waals surface area contributed by atoms with Crippen molar-refractivity contribution in [3.05, 3.63) is 62.0 Å². The second-order valence-electron chi connectivity index (χ2n) is 6.22. The van der Waals surface area contributed by atoms with E-state index >= 15 is 0 Å². The van der Waals surface area contributed by atoms with E-state index in [0.717, 1.165) is 28.4 Å². The molecule has 0 aliphatic rings. The Hall–Kier alpha value is -2.87. The zero-order valence-corrected chi connectivity index (χ0v) is 15.6. The molecule has 0 saturated carbocycles. The Morgan fingerprint density at radius 1 is 1.15 bits per heavy atom. The number of aromatic amines is 1. The highest BCUT2D eigenvalue weighted by Gasteiger charge is 2.13. The number of hydrogen-bond acceptors (Lipinski definition) is 6. The molecule has 0 bridgehead atoms. The minimum absolute atomic E-state index is 0.177. The molecule has 0 fully saturated rings. The molecule has 0 atom stereocenters. The van der Waals surface area contributed by atoms with Crippen LogP contribution in [-0.2, 0) is 12.8 Å². The van der Waals surface area contributed by atoms with E-state index in [1.165, 1.54) is 4.88 Å². The zero-order chi connectivity index (χ0) is 18.3. The molecule has 26 heavy (non-hydrogen) atoms. The Balaban J connectivity index is 1.72. The predicted molar refractivity (Wildman–Crippen MR) is 101 cm³/mol. The van der Waals surface area contributed by atoms with Crippen LogP contribution in [0.5, 0.6) is 0 Å². The van der Waals surface area contributed by atoms with Gasteiger partial charge in [0, 0.05) is 23.9 Å². The lowest BCUT2D eigenvalue weighted by atomic mass is 10.2. The van der Waals surface area contributed by atoms with E-state index in [1.54, 1.807) is 34.6 Å². The standard InChI is InChI=1S/C18H18N6OS/c1-10-6-7-19-9-14(10)24-17-13(8-20-24)18(25)23-15(22-17)4-5-16-21-11(2)12(3)26-16/h6-9H,4-5H2,1-3H3,(H,22,23,25).